The Morgan fingerprint density at radius 2 is 1.96 bits per heavy atom. The molecule has 0 saturated carbocycles. The lowest BCUT2D eigenvalue weighted by molar-refractivity contribution is 0.0732. The van der Waals surface area contributed by atoms with Gasteiger partial charge in [-0.1, -0.05) is 18.2 Å². The Labute approximate surface area is 147 Å². The lowest BCUT2D eigenvalue weighted by Gasteiger charge is -2.25. The van der Waals surface area contributed by atoms with E-state index in [1.807, 2.05) is 31.3 Å². The van der Waals surface area contributed by atoms with Crippen molar-refractivity contribution < 1.29 is 13.9 Å². The first-order valence-electron chi connectivity index (χ1n) is 8.53. The first-order chi connectivity index (χ1) is 12.1. The number of hydrogen-bond donors (Lipinski definition) is 1. The quantitative estimate of drug-likeness (QED) is 0.906. The predicted molar refractivity (Wildman–Crippen MR) is 96.4 cm³/mol. The van der Waals surface area contributed by atoms with Crippen molar-refractivity contribution in [2.45, 2.75) is 18.9 Å². The number of benzene rings is 2. The smallest absolute Gasteiger partial charge is 0.257 e. The van der Waals surface area contributed by atoms with Crippen LogP contribution in [-0.4, -0.2) is 44.1 Å². The van der Waals surface area contributed by atoms with Crippen LogP contribution in [0.15, 0.2) is 42.5 Å². The normalized spacial score (nSPS) is 16.9. The van der Waals surface area contributed by atoms with Gasteiger partial charge in [-0.2, -0.15) is 0 Å². The average Bonchev–Trinajstić information content (AvgIpc) is 3.10. The molecule has 2 aromatic carbocycles. The molecule has 132 valence electrons. The Morgan fingerprint density at radius 1 is 1.24 bits per heavy atom. The Kier molecular flexibility index (Phi) is 5.34. The summed E-state index contributed by atoms with van der Waals surface area (Å²) in [5.74, 6) is 0.0468. The van der Waals surface area contributed by atoms with Crippen molar-refractivity contribution in [3.8, 4) is 16.9 Å². The van der Waals surface area contributed by atoms with Crippen LogP contribution in [0.4, 0.5) is 4.39 Å². The Hall–Kier alpha value is -2.40. The lowest BCUT2D eigenvalue weighted by Crippen LogP contribution is -2.41. The first-order valence-corrected chi connectivity index (χ1v) is 8.53. The van der Waals surface area contributed by atoms with Crippen molar-refractivity contribution in [3.05, 3.63) is 53.8 Å². The molecular formula is C20H23FN2O2. The number of likely N-dealkylation sites (N-methyl/N-ethyl adjacent to an activating group) is 1. The Morgan fingerprint density at radius 3 is 2.60 bits per heavy atom. The predicted octanol–water partition coefficient (Wildman–Crippen LogP) is 3.33. The van der Waals surface area contributed by atoms with Gasteiger partial charge in [0.25, 0.3) is 5.91 Å². The van der Waals surface area contributed by atoms with E-state index in [-0.39, 0.29) is 17.5 Å². The summed E-state index contributed by atoms with van der Waals surface area (Å²) < 4.78 is 19.7. The average molecular weight is 342 g/mol. The van der Waals surface area contributed by atoms with Gasteiger partial charge < -0.3 is 15.0 Å². The second-order valence-electron chi connectivity index (χ2n) is 6.28. The topological polar surface area (TPSA) is 41.6 Å². The van der Waals surface area contributed by atoms with Gasteiger partial charge in [-0.3, -0.25) is 4.79 Å². The lowest BCUT2D eigenvalue weighted by atomic mass is 10.0. The van der Waals surface area contributed by atoms with E-state index >= 15 is 0 Å². The third-order valence-corrected chi connectivity index (χ3v) is 4.70. The number of amides is 1. The molecule has 1 amide bonds. The molecule has 25 heavy (non-hydrogen) atoms. The van der Waals surface area contributed by atoms with Crippen LogP contribution in [0.2, 0.25) is 0 Å². The molecule has 4 nitrogen and oxygen atoms in total. The minimum absolute atomic E-state index is 0.137. The largest absolute Gasteiger partial charge is 0.497 e. The molecule has 5 heteroatoms. The van der Waals surface area contributed by atoms with E-state index in [0.29, 0.717) is 6.54 Å². The number of nitrogens with zero attached hydrogens (tertiary/aromatic N) is 1. The first kappa shape index (κ1) is 17.4. The van der Waals surface area contributed by atoms with Crippen LogP contribution in [0.25, 0.3) is 11.1 Å². The summed E-state index contributed by atoms with van der Waals surface area (Å²) in [6, 6.07) is 12.4. The second-order valence-corrected chi connectivity index (χ2v) is 6.28. The van der Waals surface area contributed by atoms with E-state index in [9.17, 15) is 9.18 Å². The fraction of sp³-hybridized carbons (Fsp3) is 0.350. The highest BCUT2D eigenvalue weighted by atomic mass is 19.1. The zero-order chi connectivity index (χ0) is 17.8. The number of methoxy groups -OCH3 is 1. The standard InChI is InChI=1S/C20H23FN2O2/c1-22-13-16-4-3-11-23(16)20(24)18-10-7-15(12-19(18)21)14-5-8-17(25-2)9-6-14/h5-10,12,16,22H,3-4,11,13H2,1-2H3. The van der Waals surface area contributed by atoms with Crippen LogP contribution in [0.1, 0.15) is 23.2 Å². The summed E-state index contributed by atoms with van der Waals surface area (Å²) in [6.45, 7) is 1.42. The van der Waals surface area contributed by atoms with Crippen LogP contribution in [0.5, 0.6) is 5.75 Å². The number of nitrogens with one attached hydrogen (secondary N) is 1. The van der Waals surface area contributed by atoms with Crippen LogP contribution >= 0.6 is 0 Å². The molecule has 1 unspecified atom stereocenters. The van der Waals surface area contributed by atoms with Gasteiger partial charge in [0.2, 0.25) is 0 Å². The zero-order valence-corrected chi connectivity index (χ0v) is 14.6. The van der Waals surface area contributed by atoms with Crippen LogP contribution in [-0.2, 0) is 0 Å². The number of halogens is 1. The van der Waals surface area contributed by atoms with Crippen LogP contribution in [0, 0.1) is 5.82 Å². The molecule has 1 atom stereocenters. The van der Waals surface area contributed by atoms with Gasteiger partial charge in [-0.15, -0.1) is 0 Å². The van der Waals surface area contributed by atoms with Gasteiger partial charge in [-0.25, -0.2) is 4.39 Å². The Balaban J connectivity index is 1.82. The zero-order valence-electron chi connectivity index (χ0n) is 14.6. The summed E-state index contributed by atoms with van der Waals surface area (Å²) in [4.78, 5) is 14.5. The SMILES string of the molecule is CNCC1CCCN1C(=O)c1ccc(-c2ccc(OC)cc2)cc1F. The maximum absolute atomic E-state index is 14.6. The molecule has 2 aromatic rings. The second kappa shape index (κ2) is 7.66. The molecule has 1 aliphatic rings. The van der Waals surface area contributed by atoms with E-state index in [0.717, 1.165) is 36.3 Å². The van der Waals surface area contributed by atoms with E-state index in [2.05, 4.69) is 5.32 Å². The summed E-state index contributed by atoms with van der Waals surface area (Å²) in [6.07, 6.45) is 1.92. The van der Waals surface area contributed by atoms with Crippen molar-refractivity contribution >= 4 is 5.91 Å². The number of carbonyl (C=O) groups excluding carboxylic acids is 1. The number of carbonyl (C=O) groups is 1. The highest BCUT2D eigenvalue weighted by Crippen LogP contribution is 2.26. The van der Waals surface area contributed by atoms with E-state index in [1.54, 1.807) is 24.1 Å². The van der Waals surface area contributed by atoms with E-state index < -0.39 is 5.82 Å². The third-order valence-electron chi connectivity index (χ3n) is 4.70. The van der Waals surface area contributed by atoms with Crippen molar-refractivity contribution in [3.63, 3.8) is 0 Å². The van der Waals surface area contributed by atoms with Crippen molar-refractivity contribution in [1.29, 1.82) is 0 Å². The number of hydrogen-bond acceptors (Lipinski definition) is 3. The molecule has 0 radical (unpaired) electrons. The van der Waals surface area contributed by atoms with Crippen LogP contribution < -0.4 is 10.1 Å². The number of ether oxygens (including phenoxy) is 1. The van der Waals surface area contributed by atoms with Crippen molar-refractivity contribution in [2.75, 3.05) is 27.2 Å². The van der Waals surface area contributed by atoms with Crippen LogP contribution in [0.3, 0.4) is 0 Å². The van der Waals surface area contributed by atoms with Crippen molar-refractivity contribution in [2.24, 2.45) is 0 Å². The molecule has 1 aliphatic heterocycles. The molecular weight excluding hydrogens is 319 g/mol. The van der Waals surface area contributed by atoms with Gasteiger partial charge in [0.15, 0.2) is 0 Å². The fourth-order valence-electron chi connectivity index (χ4n) is 3.36. The van der Waals surface area contributed by atoms with Gasteiger partial charge in [0.05, 0.1) is 12.7 Å². The molecule has 3 rings (SSSR count). The summed E-state index contributed by atoms with van der Waals surface area (Å²) >= 11 is 0. The maximum Gasteiger partial charge on any atom is 0.257 e. The molecule has 1 N–H and O–H groups in total. The highest BCUT2D eigenvalue weighted by Gasteiger charge is 2.30. The number of likely N-dealkylation sites (tertiary alicyclic amines) is 1. The third kappa shape index (κ3) is 3.66. The minimum atomic E-state index is -0.478. The summed E-state index contributed by atoms with van der Waals surface area (Å²) in [5, 5.41) is 3.10. The summed E-state index contributed by atoms with van der Waals surface area (Å²) in [7, 11) is 3.47. The van der Waals surface area contributed by atoms with Gasteiger partial charge >= 0.3 is 0 Å². The molecule has 0 bridgehead atoms. The highest BCUT2D eigenvalue weighted by molar-refractivity contribution is 5.95. The maximum atomic E-state index is 14.6. The molecule has 0 spiro atoms. The molecule has 1 heterocycles. The fourth-order valence-corrected chi connectivity index (χ4v) is 3.36. The molecule has 0 aliphatic carbocycles. The number of rotatable bonds is 5. The molecule has 0 aromatic heterocycles. The van der Waals surface area contributed by atoms with Gasteiger partial charge in [-0.05, 0) is 55.3 Å². The molecule has 1 saturated heterocycles. The van der Waals surface area contributed by atoms with Gasteiger partial charge in [0, 0.05) is 19.1 Å². The van der Waals surface area contributed by atoms with E-state index in [4.69, 9.17) is 4.74 Å². The van der Waals surface area contributed by atoms with Gasteiger partial charge in [0.1, 0.15) is 11.6 Å². The van der Waals surface area contributed by atoms with E-state index in [1.165, 1.54) is 6.07 Å². The Bertz CT molecular complexity index is 746. The minimum Gasteiger partial charge on any atom is -0.497 e. The monoisotopic (exact) mass is 342 g/mol. The van der Waals surface area contributed by atoms with Crippen molar-refractivity contribution in [1.82, 2.24) is 10.2 Å². The summed E-state index contributed by atoms with van der Waals surface area (Å²) in [5.41, 5.74) is 1.76. The molecule has 1 fully saturated rings.